The molecular formula is C16H22N4. The van der Waals surface area contributed by atoms with Gasteiger partial charge >= 0.3 is 0 Å². The SMILES string of the molecule is CNc1nc(N2CCC(C)(C)CC2)c2ccccc2n1. The zero-order valence-corrected chi connectivity index (χ0v) is 12.5. The number of nitrogens with zero attached hydrogens (tertiary/aromatic N) is 3. The Hall–Kier alpha value is -1.84. The molecule has 1 fully saturated rings. The number of fused-ring (bicyclic) bond motifs is 1. The summed E-state index contributed by atoms with van der Waals surface area (Å²) < 4.78 is 0. The van der Waals surface area contributed by atoms with Crippen LogP contribution in [0.4, 0.5) is 11.8 Å². The highest BCUT2D eigenvalue weighted by Gasteiger charge is 2.27. The van der Waals surface area contributed by atoms with Gasteiger partial charge in [-0.15, -0.1) is 0 Å². The van der Waals surface area contributed by atoms with Crippen LogP contribution in [0.15, 0.2) is 24.3 Å². The van der Waals surface area contributed by atoms with E-state index < -0.39 is 0 Å². The van der Waals surface area contributed by atoms with Crippen molar-refractivity contribution in [1.29, 1.82) is 0 Å². The van der Waals surface area contributed by atoms with Gasteiger partial charge in [-0.1, -0.05) is 26.0 Å². The fourth-order valence-corrected chi connectivity index (χ4v) is 2.74. The van der Waals surface area contributed by atoms with Crippen molar-refractivity contribution >= 4 is 22.7 Å². The highest BCUT2D eigenvalue weighted by molar-refractivity contribution is 5.90. The first-order chi connectivity index (χ1) is 9.59. The zero-order chi connectivity index (χ0) is 14.2. The fourth-order valence-electron chi connectivity index (χ4n) is 2.74. The van der Waals surface area contributed by atoms with E-state index in [1.165, 1.54) is 12.8 Å². The third-order valence-corrected chi connectivity index (χ3v) is 4.22. The molecule has 1 saturated heterocycles. The molecule has 20 heavy (non-hydrogen) atoms. The Balaban J connectivity index is 2.02. The Labute approximate surface area is 120 Å². The zero-order valence-electron chi connectivity index (χ0n) is 12.5. The van der Waals surface area contributed by atoms with E-state index in [4.69, 9.17) is 4.98 Å². The topological polar surface area (TPSA) is 41.1 Å². The molecule has 4 heteroatoms. The number of hydrogen-bond acceptors (Lipinski definition) is 4. The van der Waals surface area contributed by atoms with Gasteiger partial charge in [0.2, 0.25) is 5.95 Å². The lowest BCUT2D eigenvalue weighted by molar-refractivity contribution is 0.279. The number of rotatable bonds is 2. The molecule has 1 aliphatic rings. The maximum Gasteiger partial charge on any atom is 0.224 e. The standard InChI is InChI=1S/C16H22N4/c1-16(2)8-10-20(11-9-16)14-12-6-4-5-7-13(12)18-15(17-3)19-14/h4-7H,8-11H2,1-3H3,(H,17,18,19). The summed E-state index contributed by atoms with van der Waals surface area (Å²) >= 11 is 0. The minimum absolute atomic E-state index is 0.450. The van der Waals surface area contributed by atoms with Crippen LogP contribution in [0.5, 0.6) is 0 Å². The largest absolute Gasteiger partial charge is 0.357 e. The van der Waals surface area contributed by atoms with Gasteiger partial charge in [-0.3, -0.25) is 0 Å². The maximum atomic E-state index is 4.69. The van der Waals surface area contributed by atoms with E-state index >= 15 is 0 Å². The summed E-state index contributed by atoms with van der Waals surface area (Å²) in [6.07, 6.45) is 2.42. The van der Waals surface area contributed by atoms with Crippen molar-refractivity contribution in [2.75, 3.05) is 30.4 Å². The molecule has 1 N–H and O–H groups in total. The van der Waals surface area contributed by atoms with Crippen molar-refractivity contribution in [2.45, 2.75) is 26.7 Å². The van der Waals surface area contributed by atoms with Gasteiger partial charge in [-0.25, -0.2) is 4.98 Å². The van der Waals surface area contributed by atoms with Gasteiger partial charge in [0.15, 0.2) is 0 Å². The van der Waals surface area contributed by atoms with E-state index in [-0.39, 0.29) is 0 Å². The van der Waals surface area contributed by atoms with Crippen molar-refractivity contribution in [2.24, 2.45) is 5.41 Å². The molecule has 0 saturated carbocycles. The molecule has 0 radical (unpaired) electrons. The van der Waals surface area contributed by atoms with Crippen molar-refractivity contribution in [1.82, 2.24) is 9.97 Å². The molecule has 2 heterocycles. The van der Waals surface area contributed by atoms with Crippen LogP contribution in [0.2, 0.25) is 0 Å². The first-order valence-electron chi connectivity index (χ1n) is 7.28. The number of hydrogen-bond donors (Lipinski definition) is 1. The normalized spacial score (nSPS) is 18.2. The van der Waals surface area contributed by atoms with Crippen LogP contribution in [0.25, 0.3) is 10.9 Å². The molecule has 0 unspecified atom stereocenters. The molecule has 0 aliphatic carbocycles. The quantitative estimate of drug-likeness (QED) is 0.909. The summed E-state index contributed by atoms with van der Waals surface area (Å²) in [5.41, 5.74) is 1.46. The molecule has 4 nitrogen and oxygen atoms in total. The number of aromatic nitrogens is 2. The van der Waals surface area contributed by atoms with Gasteiger partial charge in [-0.05, 0) is 30.4 Å². The summed E-state index contributed by atoms with van der Waals surface area (Å²) in [5.74, 6) is 1.76. The minimum atomic E-state index is 0.450. The lowest BCUT2D eigenvalue weighted by Crippen LogP contribution is -2.38. The number of piperidine rings is 1. The summed E-state index contributed by atoms with van der Waals surface area (Å²) in [6.45, 7) is 6.83. The smallest absolute Gasteiger partial charge is 0.224 e. The molecular weight excluding hydrogens is 248 g/mol. The van der Waals surface area contributed by atoms with E-state index in [2.05, 4.69) is 47.2 Å². The molecule has 1 aromatic heterocycles. The Morgan fingerprint density at radius 1 is 1.10 bits per heavy atom. The maximum absolute atomic E-state index is 4.69. The van der Waals surface area contributed by atoms with E-state index in [0.717, 1.165) is 29.8 Å². The highest BCUT2D eigenvalue weighted by atomic mass is 15.2. The first kappa shape index (κ1) is 13.2. The van der Waals surface area contributed by atoms with Crippen molar-refractivity contribution in [3.05, 3.63) is 24.3 Å². The van der Waals surface area contributed by atoms with Crippen molar-refractivity contribution in [3.8, 4) is 0 Å². The van der Waals surface area contributed by atoms with Crippen molar-refractivity contribution < 1.29 is 0 Å². The number of nitrogens with one attached hydrogen (secondary N) is 1. The van der Waals surface area contributed by atoms with Crippen LogP contribution >= 0.6 is 0 Å². The molecule has 0 amide bonds. The lowest BCUT2D eigenvalue weighted by Gasteiger charge is -2.38. The van der Waals surface area contributed by atoms with Crippen LogP contribution in [0.3, 0.4) is 0 Å². The van der Waals surface area contributed by atoms with Crippen LogP contribution in [0.1, 0.15) is 26.7 Å². The van der Waals surface area contributed by atoms with Gasteiger partial charge in [0.05, 0.1) is 5.52 Å². The lowest BCUT2D eigenvalue weighted by atomic mass is 9.82. The minimum Gasteiger partial charge on any atom is -0.357 e. The molecule has 2 aromatic rings. The van der Waals surface area contributed by atoms with Crippen LogP contribution < -0.4 is 10.2 Å². The molecule has 0 bridgehead atoms. The summed E-state index contributed by atoms with van der Waals surface area (Å²) in [7, 11) is 1.87. The Bertz CT molecular complexity index is 611. The number of para-hydroxylation sites is 1. The Morgan fingerprint density at radius 3 is 2.50 bits per heavy atom. The van der Waals surface area contributed by atoms with E-state index in [1.54, 1.807) is 0 Å². The monoisotopic (exact) mass is 270 g/mol. The fraction of sp³-hybridized carbons (Fsp3) is 0.500. The molecule has 0 atom stereocenters. The van der Waals surface area contributed by atoms with Gasteiger partial charge in [0, 0.05) is 25.5 Å². The van der Waals surface area contributed by atoms with Crippen LogP contribution in [-0.2, 0) is 0 Å². The van der Waals surface area contributed by atoms with E-state index in [1.807, 2.05) is 13.1 Å². The summed E-state index contributed by atoms with van der Waals surface area (Å²) in [4.78, 5) is 11.6. The molecule has 1 aromatic carbocycles. The number of benzene rings is 1. The Kier molecular flexibility index (Phi) is 3.24. The third-order valence-electron chi connectivity index (χ3n) is 4.22. The van der Waals surface area contributed by atoms with Gasteiger partial charge in [0.25, 0.3) is 0 Å². The number of anilines is 2. The summed E-state index contributed by atoms with van der Waals surface area (Å²) in [5, 5.41) is 4.21. The van der Waals surface area contributed by atoms with Crippen molar-refractivity contribution in [3.63, 3.8) is 0 Å². The second-order valence-corrected chi connectivity index (χ2v) is 6.29. The molecule has 1 aliphatic heterocycles. The Morgan fingerprint density at radius 2 is 1.80 bits per heavy atom. The van der Waals surface area contributed by atoms with Gasteiger partial charge < -0.3 is 10.2 Å². The summed E-state index contributed by atoms with van der Waals surface area (Å²) in [6, 6.07) is 8.25. The van der Waals surface area contributed by atoms with E-state index in [9.17, 15) is 0 Å². The first-order valence-corrected chi connectivity index (χ1v) is 7.28. The average Bonchev–Trinajstić information content (AvgIpc) is 2.46. The highest BCUT2D eigenvalue weighted by Crippen LogP contribution is 2.34. The van der Waals surface area contributed by atoms with E-state index in [0.29, 0.717) is 11.4 Å². The van der Waals surface area contributed by atoms with Gasteiger partial charge in [-0.2, -0.15) is 4.98 Å². The predicted molar refractivity (Wildman–Crippen MR) is 84.3 cm³/mol. The third kappa shape index (κ3) is 2.42. The van der Waals surface area contributed by atoms with Crippen LogP contribution in [0, 0.1) is 5.41 Å². The second kappa shape index (κ2) is 4.93. The van der Waals surface area contributed by atoms with Crippen LogP contribution in [-0.4, -0.2) is 30.1 Å². The molecule has 106 valence electrons. The molecule has 3 rings (SSSR count). The molecule has 0 spiro atoms. The average molecular weight is 270 g/mol. The van der Waals surface area contributed by atoms with Gasteiger partial charge in [0.1, 0.15) is 5.82 Å². The second-order valence-electron chi connectivity index (χ2n) is 6.29. The predicted octanol–water partition coefficient (Wildman–Crippen LogP) is 3.30.